The van der Waals surface area contributed by atoms with Crippen LogP contribution in [0, 0.1) is 0 Å². The van der Waals surface area contributed by atoms with Crippen LogP contribution in [0.15, 0.2) is 18.2 Å². The first-order chi connectivity index (χ1) is 7.59. The average Bonchev–Trinajstić information content (AvgIpc) is 2.22. The Labute approximate surface area is 104 Å². The second-order valence-corrected chi connectivity index (χ2v) is 4.25. The molecule has 0 heterocycles. The molecule has 5 heteroatoms. The van der Waals surface area contributed by atoms with Crippen molar-refractivity contribution >= 4 is 34.9 Å². The van der Waals surface area contributed by atoms with Gasteiger partial charge >= 0.3 is 5.97 Å². The highest BCUT2D eigenvalue weighted by Crippen LogP contribution is 2.25. The van der Waals surface area contributed by atoms with Crippen molar-refractivity contribution < 1.29 is 9.90 Å². The zero-order chi connectivity index (χ0) is 12.0. The summed E-state index contributed by atoms with van der Waals surface area (Å²) < 4.78 is 0. The van der Waals surface area contributed by atoms with Gasteiger partial charge in [-0.3, -0.25) is 4.79 Å². The zero-order valence-corrected chi connectivity index (χ0v) is 10.2. The van der Waals surface area contributed by atoms with Crippen molar-refractivity contribution in [3.63, 3.8) is 0 Å². The summed E-state index contributed by atoms with van der Waals surface area (Å²) >= 11 is 11.8. The number of halogens is 2. The lowest BCUT2D eigenvalue weighted by Gasteiger charge is -2.08. The number of hydrogen-bond acceptors (Lipinski definition) is 2. The van der Waals surface area contributed by atoms with E-state index in [0.29, 0.717) is 23.0 Å². The van der Waals surface area contributed by atoms with Crippen LogP contribution in [0.4, 0.5) is 5.69 Å². The average molecular weight is 262 g/mol. The Balaban J connectivity index is 2.31. The fraction of sp³-hybridized carbons (Fsp3) is 0.364. The summed E-state index contributed by atoms with van der Waals surface area (Å²) in [5.74, 6) is -0.763. The number of benzene rings is 1. The van der Waals surface area contributed by atoms with Crippen LogP contribution >= 0.6 is 23.2 Å². The standard InChI is InChI=1S/C11H13Cl2NO2/c12-8-4-5-9(13)10(7-8)14-6-2-1-3-11(15)16/h4-5,7,14H,1-3,6H2,(H,15,16). The molecule has 0 bridgehead atoms. The second kappa shape index (κ2) is 6.61. The monoisotopic (exact) mass is 261 g/mol. The molecule has 0 atom stereocenters. The third-order valence-corrected chi connectivity index (χ3v) is 2.63. The molecule has 0 saturated carbocycles. The van der Waals surface area contributed by atoms with Crippen LogP contribution in [0.2, 0.25) is 10.0 Å². The molecule has 0 aromatic heterocycles. The van der Waals surface area contributed by atoms with Gasteiger partial charge in [0.05, 0.1) is 10.7 Å². The summed E-state index contributed by atoms with van der Waals surface area (Å²) in [7, 11) is 0. The van der Waals surface area contributed by atoms with E-state index in [-0.39, 0.29) is 6.42 Å². The van der Waals surface area contributed by atoms with Gasteiger partial charge in [0.25, 0.3) is 0 Å². The minimum Gasteiger partial charge on any atom is -0.481 e. The number of anilines is 1. The van der Waals surface area contributed by atoms with Crippen LogP contribution in [0.25, 0.3) is 0 Å². The summed E-state index contributed by atoms with van der Waals surface area (Å²) in [6, 6.07) is 5.20. The lowest BCUT2D eigenvalue weighted by atomic mass is 10.2. The SMILES string of the molecule is O=C(O)CCCCNc1cc(Cl)ccc1Cl. The number of hydrogen-bond donors (Lipinski definition) is 2. The van der Waals surface area contributed by atoms with Crippen molar-refractivity contribution in [3.8, 4) is 0 Å². The van der Waals surface area contributed by atoms with Crippen molar-refractivity contribution in [2.75, 3.05) is 11.9 Å². The van der Waals surface area contributed by atoms with Gasteiger partial charge in [0.15, 0.2) is 0 Å². The number of carboxylic acids is 1. The minimum absolute atomic E-state index is 0.199. The first-order valence-electron chi connectivity index (χ1n) is 5.00. The summed E-state index contributed by atoms with van der Waals surface area (Å²) in [6.45, 7) is 0.688. The van der Waals surface area contributed by atoms with Crippen molar-refractivity contribution in [1.82, 2.24) is 0 Å². The highest BCUT2D eigenvalue weighted by Gasteiger charge is 2.01. The number of nitrogens with one attached hydrogen (secondary N) is 1. The quantitative estimate of drug-likeness (QED) is 0.769. The molecule has 1 aromatic carbocycles. The highest BCUT2D eigenvalue weighted by molar-refractivity contribution is 6.35. The number of carboxylic acid groups (broad SMARTS) is 1. The molecule has 0 aliphatic carbocycles. The highest BCUT2D eigenvalue weighted by atomic mass is 35.5. The molecule has 0 amide bonds. The zero-order valence-electron chi connectivity index (χ0n) is 8.67. The maximum Gasteiger partial charge on any atom is 0.303 e. The molecule has 0 spiro atoms. The fourth-order valence-corrected chi connectivity index (χ4v) is 1.61. The number of unbranched alkanes of at least 4 members (excludes halogenated alkanes) is 1. The first-order valence-corrected chi connectivity index (χ1v) is 5.76. The van der Waals surface area contributed by atoms with Crippen molar-refractivity contribution in [2.24, 2.45) is 0 Å². The van der Waals surface area contributed by atoms with Gasteiger partial charge in [-0.25, -0.2) is 0 Å². The normalized spacial score (nSPS) is 10.1. The lowest BCUT2D eigenvalue weighted by Crippen LogP contribution is -2.03. The van der Waals surface area contributed by atoms with Gasteiger partial charge in [0.2, 0.25) is 0 Å². The number of carbonyl (C=O) groups is 1. The Hall–Kier alpha value is -0.930. The molecule has 3 nitrogen and oxygen atoms in total. The second-order valence-electron chi connectivity index (χ2n) is 3.40. The topological polar surface area (TPSA) is 49.3 Å². The maximum absolute atomic E-state index is 10.3. The van der Waals surface area contributed by atoms with Crippen molar-refractivity contribution in [3.05, 3.63) is 28.2 Å². The molecular weight excluding hydrogens is 249 g/mol. The fourth-order valence-electron chi connectivity index (χ4n) is 1.26. The van der Waals surface area contributed by atoms with Crippen LogP contribution in [0.1, 0.15) is 19.3 Å². The Bertz CT molecular complexity index is 369. The van der Waals surface area contributed by atoms with Crippen LogP contribution < -0.4 is 5.32 Å². The van der Waals surface area contributed by atoms with E-state index < -0.39 is 5.97 Å². The summed E-state index contributed by atoms with van der Waals surface area (Å²) in [5, 5.41) is 12.8. The third-order valence-electron chi connectivity index (χ3n) is 2.06. The summed E-state index contributed by atoms with van der Waals surface area (Å²) in [6.07, 6.45) is 1.64. The molecule has 1 rings (SSSR count). The number of rotatable bonds is 6. The first kappa shape index (κ1) is 13.1. The Kier molecular flexibility index (Phi) is 5.43. The molecule has 0 saturated heterocycles. The predicted molar refractivity (Wildman–Crippen MR) is 66.4 cm³/mol. The molecule has 0 aliphatic heterocycles. The summed E-state index contributed by atoms with van der Waals surface area (Å²) in [4.78, 5) is 10.3. The van der Waals surface area contributed by atoms with Crippen molar-refractivity contribution in [2.45, 2.75) is 19.3 Å². The van der Waals surface area contributed by atoms with Gasteiger partial charge in [0.1, 0.15) is 0 Å². The van der Waals surface area contributed by atoms with Gasteiger partial charge in [0, 0.05) is 18.0 Å². The van der Waals surface area contributed by atoms with Gasteiger partial charge in [-0.05, 0) is 31.0 Å². The maximum atomic E-state index is 10.3. The van der Waals surface area contributed by atoms with Gasteiger partial charge in [-0.2, -0.15) is 0 Å². The molecule has 1 aromatic rings. The van der Waals surface area contributed by atoms with Crippen LogP contribution in [-0.4, -0.2) is 17.6 Å². The van der Waals surface area contributed by atoms with Gasteiger partial charge in [-0.1, -0.05) is 23.2 Å². The number of aliphatic carboxylic acids is 1. The van der Waals surface area contributed by atoms with E-state index in [1.165, 1.54) is 0 Å². The van der Waals surface area contributed by atoms with Gasteiger partial charge in [-0.15, -0.1) is 0 Å². The largest absolute Gasteiger partial charge is 0.481 e. The smallest absolute Gasteiger partial charge is 0.303 e. The van der Waals surface area contributed by atoms with E-state index in [1.54, 1.807) is 18.2 Å². The molecule has 88 valence electrons. The third kappa shape index (κ3) is 4.73. The predicted octanol–water partition coefficient (Wildman–Crippen LogP) is 3.66. The van der Waals surface area contributed by atoms with Crippen LogP contribution in [0.3, 0.4) is 0 Å². The van der Waals surface area contributed by atoms with Crippen molar-refractivity contribution in [1.29, 1.82) is 0 Å². The van der Waals surface area contributed by atoms with E-state index in [1.807, 2.05) is 0 Å². The van der Waals surface area contributed by atoms with E-state index in [4.69, 9.17) is 28.3 Å². The summed E-state index contributed by atoms with van der Waals surface area (Å²) in [5.41, 5.74) is 0.782. The molecule has 0 unspecified atom stereocenters. The Morgan fingerprint density at radius 2 is 2.06 bits per heavy atom. The van der Waals surface area contributed by atoms with E-state index in [9.17, 15) is 4.79 Å². The Morgan fingerprint density at radius 3 is 2.75 bits per heavy atom. The minimum atomic E-state index is -0.763. The molecule has 16 heavy (non-hydrogen) atoms. The van der Waals surface area contributed by atoms with E-state index in [0.717, 1.165) is 12.1 Å². The Morgan fingerprint density at radius 1 is 1.31 bits per heavy atom. The van der Waals surface area contributed by atoms with Crippen LogP contribution in [0.5, 0.6) is 0 Å². The van der Waals surface area contributed by atoms with Gasteiger partial charge < -0.3 is 10.4 Å². The molecule has 0 radical (unpaired) electrons. The molecule has 0 fully saturated rings. The van der Waals surface area contributed by atoms with Crippen LogP contribution in [-0.2, 0) is 4.79 Å². The molecule has 2 N–H and O–H groups in total. The van der Waals surface area contributed by atoms with E-state index >= 15 is 0 Å². The molecule has 0 aliphatic rings. The lowest BCUT2D eigenvalue weighted by molar-refractivity contribution is -0.137. The van der Waals surface area contributed by atoms with E-state index in [2.05, 4.69) is 5.32 Å². The molecular formula is C11H13Cl2NO2.